The molecule has 2 heterocycles. The number of nitrogens with one attached hydrogen (secondary N) is 1. The number of carbonyl (C=O) groups is 2. The van der Waals surface area contributed by atoms with Crippen LogP contribution in [0.4, 0.5) is 0 Å². The average molecular weight is 339 g/mol. The van der Waals surface area contributed by atoms with Gasteiger partial charge in [-0.15, -0.1) is 11.3 Å². The van der Waals surface area contributed by atoms with Gasteiger partial charge >= 0.3 is 0 Å². The third kappa shape index (κ3) is 5.30. The van der Waals surface area contributed by atoms with Crippen molar-refractivity contribution < 1.29 is 14.7 Å². The molecular weight excluding hydrogens is 314 g/mol. The Labute approximate surface area is 141 Å². The van der Waals surface area contributed by atoms with Gasteiger partial charge in [0.25, 0.3) is 5.91 Å². The van der Waals surface area contributed by atoms with Crippen LogP contribution in [0.3, 0.4) is 0 Å². The summed E-state index contributed by atoms with van der Waals surface area (Å²) in [7, 11) is 0. The monoisotopic (exact) mass is 339 g/mol. The zero-order valence-electron chi connectivity index (χ0n) is 13.7. The minimum atomic E-state index is -0.286. The van der Waals surface area contributed by atoms with Crippen molar-refractivity contribution in [3.8, 4) is 0 Å². The normalized spacial score (nSPS) is 17.1. The third-order valence-electron chi connectivity index (χ3n) is 3.98. The average Bonchev–Trinajstić information content (AvgIpc) is 3.01. The summed E-state index contributed by atoms with van der Waals surface area (Å²) in [5, 5.41) is 12.4. The van der Waals surface area contributed by atoms with Crippen molar-refractivity contribution in [3.05, 3.63) is 21.9 Å². The number of hydrogen-bond acceptors (Lipinski definition) is 5. The van der Waals surface area contributed by atoms with Crippen molar-refractivity contribution in [2.75, 3.05) is 32.7 Å². The van der Waals surface area contributed by atoms with Gasteiger partial charge in [0.1, 0.15) is 0 Å². The Morgan fingerprint density at radius 1 is 1.30 bits per heavy atom. The molecule has 23 heavy (non-hydrogen) atoms. The van der Waals surface area contributed by atoms with Crippen molar-refractivity contribution in [2.45, 2.75) is 32.9 Å². The number of nitrogens with zero attached hydrogens (tertiary/aromatic N) is 2. The van der Waals surface area contributed by atoms with E-state index in [1.807, 2.05) is 24.0 Å². The van der Waals surface area contributed by atoms with Gasteiger partial charge in [-0.1, -0.05) is 6.92 Å². The SMILES string of the molecule is CC[C@@H](O)CN1CCN(C(=O)c2ccc(CNC(C)=O)s2)CC1. The fraction of sp³-hybridized carbons (Fsp3) is 0.625. The first kappa shape index (κ1) is 17.9. The first-order valence-corrected chi connectivity index (χ1v) is 8.84. The van der Waals surface area contributed by atoms with E-state index < -0.39 is 0 Å². The van der Waals surface area contributed by atoms with Gasteiger partial charge in [-0.05, 0) is 18.6 Å². The van der Waals surface area contributed by atoms with Crippen LogP contribution in [0.15, 0.2) is 12.1 Å². The molecule has 1 aliphatic heterocycles. The molecule has 0 spiro atoms. The van der Waals surface area contributed by atoms with Gasteiger partial charge < -0.3 is 15.3 Å². The molecule has 0 unspecified atom stereocenters. The Morgan fingerprint density at radius 2 is 2.00 bits per heavy atom. The van der Waals surface area contributed by atoms with E-state index in [2.05, 4.69) is 10.2 Å². The quantitative estimate of drug-likeness (QED) is 0.808. The lowest BCUT2D eigenvalue weighted by molar-refractivity contribution is -0.119. The molecule has 0 aliphatic carbocycles. The smallest absolute Gasteiger partial charge is 0.264 e. The maximum atomic E-state index is 12.5. The standard InChI is InChI=1S/C16H25N3O3S/c1-3-13(21)11-18-6-8-19(9-7-18)16(22)15-5-4-14(23-15)10-17-12(2)20/h4-5,13,21H,3,6-11H2,1-2H3,(H,17,20)/t13-/m1/s1. The van der Waals surface area contributed by atoms with Crippen molar-refractivity contribution in [2.24, 2.45) is 0 Å². The highest BCUT2D eigenvalue weighted by Gasteiger charge is 2.24. The summed E-state index contributed by atoms with van der Waals surface area (Å²) in [4.78, 5) is 29.2. The lowest BCUT2D eigenvalue weighted by atomic mass is 10.2. The van der Waals surface area contributed by atoms with E-state index in [4.69, 9.17) is 0 Å². The molecule has 0 bridgehead atoms. The molecule has 0 saturated carbocycles. The summed E-state index contributed by atoms with van der Waals surface area (Å²) in [6.07, 6.45) is 0.469. The lowest BCUT2D eigenvalue weighted by Gasteiger charge is -2.35. The van der Waals surface area contributed by atoms with Crippen LogP contribution in [0.1, 0.15) is 34.8 Å². The molecule has 128 valence electrons. The molecule has 2 N–H and O–H groups in total. The molecule has 1 aliphatic rings. The van der Waals surface area contributed by atoms with Crippen molar-refractivity contribution >= 4 is 23.2 Å². The second-order valence-corrected chi connectivity index (χ2v) is 7.00. The summed E-state index contributed by atoms with van der Waals surface area (Å²) in [5.74, 6) is -0.0172. The maximum Gasteiger partial charge on any atom is 0.264 e. The van der Waals surface area contributed by atoms with Gasteiger partial charge in [-0.25, -0.2) is 0 Å². The summed E-state index contributed by atoms with van der Waals surface area (Å²) in [6, 6.07) is 3.72. The molecule has 2 rings (SSSR count). The van der Waals surface area contributed by atoms with E-state index in [0.29, 0.717) is 31.1 Å². The molecule has 1 fully saturated rings. The molecule has 0 aromatic carbocycles. The van der Waals surface area contributed by atoms with E-state index in [9.17, 15) is 14.7 Å². The number of thiophene rings is 1. The Kier molecular flexibility index (Phi) is 6.56. The van der Waals surface area contributed by atoms with Crippen LogP contribution in [0.5, 0.6) is 0 Å². The van der Waals surface area contributed by atoms with E-state index >= 15 is 0 Å². The number of piperazine rings is 1. The highest BCUT2D eigenvalue weighted by molar-refractivity contribution is 7.14. The zero-order chi connectivity index (χ0) is 16.8. The highest BCUT2D eigenvalue weighted by Crippen LogP contribution is 2.19. The molecule has 6 nitrogen and oxygen atoms in total. The van der Waals surface area contributed by atoms with Crippen molar-refractivity contribution in [1.29, 1.82) is 0 Å². The Bertz CT molecular complexity index is 538. The number of carbonyl (C=O) groups excluding carboxylic acids is 2. The van der Waals surface area contributed by atoms with Crippen LogP contribution in [-0.2, 0) is 11.3 Å². The number of aliphatic hydroxyl groups is 1. The first-order chi connectivity index (χ1) is 11.0. The summed E-state index contributed by atoms with van der Waals surface area (Å²) < 4.78 is 0. The molecule has 2 amide bonds. The highest BCUT2D eigenvalue weighted by atomic mass is 32.1. The Morgan fingerprint density at radius 3 is 2.61 bits per heavy atom. The summed E-state index contributed by atoms with van der Waals surface area (Å²) >= 11 is 1.43. The van der Waals surface area contributed by atoms with Crippen LogP contribution in [-0.4, -0.2) is 65.5 Å². The van der Waals surface area contributed by atoms with Crippen molar-refractivity contribution in [3.63, 3.8) is 0 Å². The summed E-state index contributed by atoms with van der Waals surface area (Å²) in [6.45, 7) is 7.57. The van der Waals surface area contributed by atoms with E-state index in [0.717, 1.165) is 24.4 Å². The Hall–Kier alpha value is -1.44. The van der Waals surface area contributed by atoms with E-state index in [1.54, 1.807) is 0 Å². The molecule has 1 aromatic heterocycles. The first-order valence-electron chi connectivity index (χ1n) is 8.02. The molecule has 1 saturated heterocycles. The number of hydrogen-bond donors (Lipinski definition) is 2. The number of amides is 2. The van der Waals surface area contributed by atoms with Crippen LogP contribution >= 0.6 is 11.3 Å². The van der Waals surface area contributed by atoms with Gasteiger partial charge in [0, 0.05) is 44.5 Å². The topological polar surface area (TPSA) is 72.9 Å². The molecule has 0 radical (unpaired) electrons. The van der Waals surface area contributed by atoms with E-state index in [1.165, 1.54) is 18.3 Å². The fourth-order valence-corrected chi connectivity index (χ4v) is 3.43. The molecule has 7 heteroatoms. The second kappa shape index (κ2) is 8.42. The zero-order valence-corrected chi connectivity index (χ0v) is 14.6. The predicted molar refractivity (Wildman–Crippen MR) is 90.5 cm³/mol. The number of aliphatic hydroxyl groups excluding tert-OH is 1. The van der Waals surface area contributed by atoms with Crippen LogP contribution in [0, 0.1) is 0 Å². The largest absolute Gasteiger partial charge is 0.392 e. The molecule has 1 atom stereocenters. The van der Waals surface area contributed by atoms with Gasteiger partial charge in [-0.3, -0.25) is 14.5 Å². The molecular formula is C16H25N3O3S. The fourth-order valence-electron chi connectivity index (χ4n) is 2.52. The minimum Gasteiger partial charge on any atom is -0.392 e. The number of β-amino-alcohol motifs (C(OH)–C–C–N with tert-alkyl or cyclic N) is 1. The number of rotatable bonds is 6. The predicted octanol–water partition coefficient (Wildman–Crippen LogP) is 0.913. The van der Waals surface area contributed by atoms with Gasteiger partial charge in [0.15, 0.2) is 0 Å². The minimum absolute atomic E-state index is 0.0553. The van der Waals surface area contributed by atoms with Crippen LogP contribution in [0.25, 0.3) is 0 Å². The van der Waals surface area contributed by atoms with Crippen LogP contribution < -0.4 is 5.32 Å². The van der Waals surface area contributed by atoms with E-state index in [-0.39, 0.29) is 17.9 Å². The summed E-state index contributed by atoms with van der Waals surface area (Å²) in [5.41, 5.74) is 0. The third-order valence-corrected chi connectivity index (χ3v) is 5.06. The Balaban J connectivity index is 1.84. The molecule has 1 aromatic rings. The maximum absolute atomic E-state index is 12.5. The van der Waals surface area contributed by atoms with Crippen LogP contribution in [0.2, 0.25) is 0 Å². The second-order valence-electron chi connectivity index (χ2n) is 5.83. The van der Waals surface area contributed by atoms with Gasteiger partial charge in [0.05, 0.1) is 17.5 Å². The van der Waals surface area contributed by atoms with Crippen molar-refractivity contribution in [1.82, 2.24) is 15.1 Å². The van der Waals surface area contributed by atoms with Gasteiger partial charge in [0.2, 0.25) is 5.91 Å². The van der Waals surface area contributed by atoms with Gasteiger partial charge in [-0.2, -0.15) is 0 Å². The lowest BCUT2D eigenvalue weighted by Crippen LogP contribution is -2.50.